The molecule has 0 saturated heterocycles. The monoisotopic (exact) mass is 581 g/mol. The minimum absolute atomic E-state index is 0.123. The number of Topliss-reactive ketones (excluding diaryl/α,β-unsaturated/α-hetero) is 1. The number of halogens is 2. The average molecular weight is 583 g/mol. The van der Waals surface area contributed by atoms with Gasteiger partial charge in [-0.05, 0) is 63.0 Å². The largest absolute Gasteiger partial charge is 0.366 e. The minimum atomic E-state index is -0.123. The first-order valence-electron chi connectivity index (χ1n) is 11.8. The Morgan fingerprint density at radius 3 is 2.47 bits per heavy atom. The van der Waals surface area contributed by atoms with Crippen LogP contribution in [-0.2, 0) is 13.0 Å². The molecule has 186 valence electrons. The molecule has 0 atom stereocenters. The predicted octanol–water partition coefficient (Wildman–Crippen LogP) is 7.28. The summed E-state index contributed by atoms with van der Waals surface area (Å²) in [6, 6.07) is 26.2. The number of rotatable bonds is 8. The number of carbonyl (C=O) groups excluding carboxylic acids is 1. The Balaban J connectivity index is 1.29. The molecule has 0 unspecified atom stereocenters. The van der Waals surface area contributed by atoms with Gasteiger partial charge in [0.25, 0.3) is 0 Å². The average Bonchev–Trinajstić information content (AvgIpc) is 3.33. The number of nitrogens with zero attached hydrogens (tertiary/aromatic N) is 4. The van der Waals surface area contributed by atoms with Gasteiger partial charge in [-0.1, -0.05) is 60.6 Å². The second-order valence-corrected chi connectivity index (χ2v) is 9.96. The van der Waals surface area contributed by atoms with Crippen LogP contribution in [0.2, 0.25) is 5.02 Å². The first kappa shape index (κ1) is 25.4. The van der Waals surface area contributed by atoms with E-state index in [0.717, 1.165) is 32.7 Å². The number of carbonyl (C=O) groups is 1. The summed E-state index contributed by atoms with van der Waals surface area (Å²) in [6.45, 7) is 4.54. The molecule has 2 heterocycles. The van der Waals surface area contributed by atoms with E-state index in [1.54, 1.807) is 35.0 Å². The summed E-state index contributed by atoms with van der Waals surface area (Å²) in [7, 11) is 0. The van der Waals surface area contributed by atoms with Gasteiger partial charge in [0.05, 0.1) is 28.0 Å². The smallest absolute Gasteiger partial charge is 0.188 e. The van der Waals surface area contributed by atoms with Gasteiger partial charge in [0.2, 0.25) is 0 Å². The number of fused-ring (bicyclic) bond motifs is 1. The Labute approximate surface area is 233 Å². The molecule has 2 aromatic heterocycles. The maximum atomic E-state index is 12.7. The lowest BCUT2D eigenvalue weighted by molar-refractivity contribution is 0.103. The first-order chi connectivity index (χ1) is 18.4. The molecule has 8 heteroatoms. The second-order valence-electron chi connectivity index (χ2n) is 8.70. The van der Waals surface area contributed by atoms with E-state index >= 15 is 0 Å². The van der Waals surface area contributed by atoms with Crippen LogP contribution in [0.25, 0.3) is 16.9 Å². The van der Waals surface area contributed by atoms with Gasteiger partial charge in [0, 0.05) is 35.2 Å². The highest BCUT2D eigenvalue weighted by Gasteiger charge is 2.14. The summed E-state index contributed by atoms with van der Waals surface area (Å²) in [5.74, 6) is 0.655. The van der Waals surface area contributed by atoms with Gasteiger partial charge in [-0.25, -0.2) is 4.98 Å². The molecule has 1 N–H and O–H groups in total. The molecule has 0 amide bonds. The number of hydrogen-bond acceptors (Lipinski definition) is 5. The molecule has 0 fully saturated rings. The number of nitrogens with one attached hydrogen (secondary N) is 1. The van der Waals surface area contributed by atoms with Crippen LogP contribution in [-0.4, -0.2) is 20.4 Å². The maximum absolute atomic E-state index is 12.7. The summed E-state index contributed by atoms with van der Waals surface area (Å²) in [5, 5.41) is 17.5. The van der Waals surface area contributed by atoms with Gasteiger partial charge in [-0.2, -0.15) is 14.9 Å². The molecule has 5 aromatic rings. The summed E-state index contributed by atoms with van der Waals surface area (Å²) in [6.07, 6.45) is 2.16. The number of hydrogen-bond donors (Lipinski definition) is 1. The topological polar surface area (TPSA) is 83.1 Å². The number of aromatic nitrogens is 3. The van der Waals surface area contributed by atoms with Crippen molar-refractivity contribution in [3.63, 3.8) is 0 Å². The lowest BCUT2D eigenvalue weighted by Gasteiger charge is -2.12. The SMILES string of the molecule is C=C(Cc1ccc(CNc2cc(-c3ccccc3Cl)nc3c(Br)cnn23)cc1)C(=O)c1ccc(C#N)cc1. The molecule has 0 aliphatic heterocycles. The van der Waals surface area contributed by atoms with Gasteiger partial charge in [-0.15, -0.1) is 0 Å². The Morgan fingerprint density at radius 2 is 1.76 bits per heavy atom. The molecule has 0 saturated carbocycles. The van der Waals surface area contributed by atoms with E-state index < -0.39 is 0 Å². The number of benzene rings is 3. The third kappa shape index (κ3) is 5.37. The van der Waals surface area contributed by atoms with Crippen molar-refractivity contribution in [2.24, 2.45) is 0 Å². The van der Waals surface area contributed by atoms with Gasteiger partial charge >= 0.3 is 0 Å². The Kier molecular flexibility index (Phi) is 7.36. The van der Waals surface area contributed by atoms with Gasteiger partial charge in [0.1, 0.15) is 5.82 Å². The minimum Gasteiger partial charge on any atom is -0.366 e. The number of allylic oxidation sites excluding steroid dienone is 1. The summed E-state index contributed by atoms with van der Waals surface area (Å²) < 4.78 is 2.53. The van der Waals surface area contributed by atoms with Gasteiger partial charge in [-0.3, -0.25) is 4.79 Å². The van der Waals surface area contributed by atoms with Crippen molar-refractivity contribution in [2.75, 3.05) is 5.32 Å². The Bertz CT molecular complexity index is 1700. The van der Waals surface area contributed by atoms with Crippen molar-refractivity contribution in [2.45, 2.75) is 13.0 Å². The standard InChI is InChI=1S/C30H21BrClN5O/c1-19(29(38)23-12-10-21(16-33)11-13-23)14-20-6-8-22(9-7-20)17-34-28-15-27(24-4-2-3-5-26(24)32)36-30-25(31)18-35-37(28)30/h2-13,15,18,34H,1,14,17H2. The molecule has 3 aromatic carbocycles. The van der Waals surface area contributed by atoms with Crippen LogP contribution in [0.15, 0.2) is 102 Å². The van der Waals surface area contributed by atoms with Crippen molar-refractivity contribution in [3.05, 3.63) is 129 Å². The predicted molar refractivity (Wildman–Crippen MR) is 153 cm³/mol. The zero-order chi connectivity index (χ0) is 26.6. The number of nitriles is 1. The zero-order valence-corrected chi connectivity index (χ0v) is 22.5. The van der Waals surface area contributed by atoms with Crippen molar-refractivity contribution in [3.8, 4) is 17.3 Å². The summed E-state index contributed by atoms with van der Waals surface area (Å²) in [5.41, 5.74) is 5.86. The molecule has 0 aliphatic carbocycles. The molecule has 0 radical (unpaired) electrons. The van der Waals surface area contributed by atoms with Crippen LogP contribution in [0.5, 0.6) is 0 Å². The third-order valence-electron chi connectivity index (χ3n) is 6.09. The lowest BCUT2D eigenvalue weighted by atomic mass is 9.97. The van der Waals surface area contributed by atoms with E-state index in [1.165, 1.54) is 0 Å². The van der Waals surface area contributed by atoms with Crippen LogP contribution in [0, 0.1) is 11.3 Å². The molecule has 38 heavy (non-hydrogen) atoms. The Hall–Kier alpha value is -4.25. The van der Waals surface area contributed by atoms with E-state index in [4.69, 9.17) is 21.8 Å². The fraction of sp³-hybridized carbons (Fsp3) is 0.0667. The first-order valence-corrected chi connectivity index (χ1v) is 12.9. The van der Waals surface area contributed by atoms with E-state index in [1.807, 2.05) is 54.6 Å². The van der Waals surface area contributed by atoms with Crippen molar-refractivity contribution >= 4 is 44.8 Å². The van der Waals surface area contributed by atoms with E-state index in [-0.39, 0.29) is 5.78 Å². The molecule has 0 spiro atoms. The molecular weight excluding hydrogens is 562 g/mol. The summed E-state index contributed by atoms with van der Waals surface area (Å²) in [4.78, 5) is 17.5. The normalized spacial score (nSPS) is 10.8. The number of ketones is 1. The number of anilines is 1. The van der Waals surface area contributed by atoms with Crippen molar-refractivity contribution in [1.82, 2.24) is 14.6 Å². The molecule has 0 bridgehead atoms. The van der Waals surface area contributed by atoms with Crippen LogP contribution in [0.4, 0.5) is 5.82 Å². The van der Waals surface area contributed by atoms with Crippen LogP contribution >= 0.6 is 27.5 Å². The van der Waals surface area contributed by atoms with E-state index in [9.17, 15) is 4.79 Å². The van der Waals surface area contributed by atoms with Crippen molar-refractivity contribution in [1.29, 1.82) is 5.26 Å². The zero-order valence-electron chi connectivity index (χ0n) is 20.2. The van der Waals surface area contributed by atoms with Crippen LogP contribution in [0.1, 0.15) is 27.0 Å². The second kappa shape index (κ2) is 11.0. The van der Waals surface area contributed by atoms with E-state index in [2.05, 4.69) is 39.0 Å². The molecular formula is C30H21BrClN5O. The van der Waals surface area contributed by atoms with Crippen LogP contribution < -0.4 is 5.32 Å². The van der Waals surface area contributed by atoms with Crippen LogP contribution in [0.3, 0.4) is 0 Å². The van der Waals surface area contributed by atoms with Gasteiger partial charge < -0.3 is 5.32 Å². The fourth-order valence-electron chi connectivity index (χ4n) is 4.06. The highest BCUT2D eigenvalue weighted by atomic mass is 79.9. The van der Waals surface area contributed by atoms with E-state index in [0.29, 0.717) is 40.3 Å². The molecule has 0 aliphatic rings. The van der Waals surface area contributed by atoms with Gasteiger partial charge in [0.15, 0.2) is 11.4 Å². The quantitative estimate of drug-likeness (QED) is 0.154. The summed E-state index contributed by atoms with van der Waals surface area (Å²) >= 11 is 9.96. The maximum Gasteiger partial charge on any atom is 0.188 e. The highest BCUT2D eigenvalue weighted by Crippen LogP contribution is 2.30. The highest BCUT2D eigenvalue weighted by molar-refractivity contribution is 9.10. The fourth-order valence-corrected chi connectivity index (χ4v) is 4.64. The molecule has 6 nitrogen and oxygen atoms in total. The lowest BCUT2D eigenvalue weighted by Crippen LogP contribution is -2.07. The molecule has 5 rings (SSSR count). The Morgan fingerprint density at radius 1 is 1.05 bits per heavy atom. The third-order valence-corrected chi connectivity index (χ3v) is 6.98. The van der Waals surface area contributed by atoms with Crippen molar-refractivity contribution < 1.29 is 4.79 Å².